The first-order valence-corrected chi connectivity index (χ1v) is 8.41. The smallest absolute Gasteiger partial charge is 0.224 e. The largest absolute Gasteiger partial charge is 0.349 e. The summed E-state index contributed by atoms with van der Waals surface area (Å²) < 4.78 is 1.07. The predicted molar refractivity (Wildman–Crippen MR) is 90.0 cm³/mol. The van der Waals surface area contributed by atoms with Crippen molar-refractivity contribution in [2.24, 2.45) is 17.6 Å². The molecule has 21 heavy (non-hydrogen) atoms. The summed E-state index contributed by atoms with van der Waals surface area (Å²) in [5.74, 6) is 1.11. The molecule has 1 aliphatic rings. The molecule has 0 radical (unpaired) electrons. The van der Waals surface area contributed by atoms with Gasteiger partial charge in [0.2, 0.25) is 5.91 Å². The van der Waals surface area contributed by atoms with Crippen LogP contribution in [0.3, 0.4) is 0 Å². The minimum atomic E-state index is -0.296. The lowest BCUT2D eigenvalue weighted by atomic mass is 9.90. The number of nitrogens with two attached hydrogens (primary N) is 1. The molecule has 0 aliphatic heterocycles. The normalized spacial score (nSPS) is 23.7. The Bertz CT molecular complexity index is 517. The van der Waals surface area contributed by atoms with Crippen LogP contribution in [0.4, 0.5) is 0 Å². The van der Waals surface area contributed by atoms with Gasteiger partial charge in [-0.05, 0) is 49.3 Å². The molecule has 3 atom stereocenters. The van der Waals surface area contributed by atoms with Gasteiger partial charge in [0, 0.05) is 22.5 Å². The lowest BCUT2D eigenvalue weighted by Crippen LogP contribution is -2.52. The molecule has 0 heterocycles. The number of benzene rings is 1. The van der Waals surface area contributed by atoms with Crippen LogP contribution >= 0.6 is 15.9 Å². The van der Waals surface area contributed by atoms with Crippen molar-refractivity contribution in [3.8, 4) is 0 Å². The highest BCUT2D eigenvalue weighted by Gasteiger charge is 2.45. The molecule has 0 saturated heterocycles. The van der Waals surface area contributed by atoms with Crippen molar-refractivity contribution in [3.63, 3.8) is 0 Å². The van der Waals surface area contributed by atoms with Crippen molar-refractivity contribution >= 4 is 21.8 Å². The quantitative estimate of drug-likeness (QED) is 0.823. The number of carbonyl (C=O) groups is 1. The summed E-state index contributed by atoms with van der Waals surface area (Å²) in [6.45, 7) is 6.83. The first-order chi connectivity index (χ1) is 9.84. The zero-order valence-electron chi connectivity index (χ0n) is 13.0. The van der Waals surface area contributed by atoms with E-state index in [0.717, 1.165) is 17.3 Å². The number of amides is 1. The molecule has 0 spiro atoms. The second kappa shape index (κ2) is 6.49. The van der Waals surface area contributed by atoms with Crippen molar-refractivity contribution in [2.45, 2.75) is 45.1 Å². The second-order valence-corrected chi connectivity index (χ2v) is 7.77. The van der Waals surface area contributed by atoms with Gasteiger partial charge in [0.1, 0.15) is 0 Å². The van der Waals surface area contributed by atoms with E-state index in [2.05, 4.69) is 47.2 Å². The maximum absolute atomic E-state index is 12.5. The van der Waals surface area contributed by atoms with Gasteiger partial charge in [-0.2, -0.15) is 0 Å². The molecule has 3 nitrogen and oxygen atoms in total. The highest BCUT2D eigenvalue weighted by molar-refractivity contribution is 9.10. The number of carbonyl (C=O) groups excluding carboxylic acids is 1. The van der Waals surface area contributed by atoms with Gasteiger partial charge >= 0.3 is 0 Å². The Morgan fingerprint density at radius 3 is 2.81 bits per heavy atom. The van der Waals surface area contributed by atoms with E-state index in [4.69, 9.17) is 5.73 Å². The van der Waals surface area contributed by atoms with Crippen LogP contribution in [0.25, 0.3) is 0 Å². The minimum Gasteiger partial charge on any atom is -0.349 e. The SMILES string of the molecule is CC(C)CC(C)(CN)NC(=O)C1CC1c1cccc(Br)c1. The Labute approximate surface area is 135 Å². The molecule has 1 amide bonds. The fourth-order valence-electron chi connectivity index (χ4n) is 3.07. The van der Waals surface area contributed by atoms with Gasteiger partial charge in [0.25, 0.3) is 0 Å². The van der Waals surface area contributed by atoms with Crippen LogP contribution in [0.15, 0.2) is 28.7 Å². The zero-order chi connectivity index (χ0) is 15.6. The van der Waals surface area contributed by atoms with E-state index in [1.165, 1.54) is 5.56 Å². The molecule has 2 rings (SSSR count). The first kappa shape index (κ1) is 16.5. The number of rotatable bonds is 6. The van der Waals surface area contributed by atoms with Gasteiger partial charge in [-0.3, -0.25) is 4.79 Å². The fraction of sp³-hybridized carbons (Fsp3) is 0.588. The predicted octanol–water partition coefficient (Wildman–Crippen LogP) is 3.43. The third-order valence-corrected chi connectivity index (χ3v) is 4.63. The van der Waals surface area contributed by atoms with E-state index >= 15 is 0 Å². The van der Waals surface area contributed by atoms with Gasteiger partial charge in [-0.1, -0.05) is 41.9 Å². The first-order valence-electron chi connectivity index (χ1n) is 7.62. The van der Waals surface area contributed by atoms with Gasteiger partial charge < -0.3 is 11.1 Å². The maximum Gasteiger partial charge on any atom is 0.224 e. The summed E-state index contributed by atoms with van der Waals surface area (Å²) in [6, 6.07) is 8.23. The Hall–Kier alpha value is -0.870. The molecule has 1 saturated carbocycles. The monoisotopic (exact) mass is 352 g/mol. The van der Waals surface area contributed by atoms with Crippen molar-refractivity contribution in [2.75, 3.05) is 6.54 Å². The van der Waals surface area contributed by atoms with Crippen LogP contribution in [0, 0.1) is 11.8 Å². The Balaban J connectivity index is 1.96. The second-order valence-electron chi connectivity index (χ2n) is 6.86. The van der Waals surface area contributed by atoms with Crippen molar-refractivity contribution in [1.82, 2.24) is 5.32 Å². The van der Waals surface area contributed by atoms with Crippen molar-refractivity contribution in [3.05, 3.63) is 34.3 Å². The van der Waals surface area contributed by atoms with Crippen molar-refractivity contribution < 1.29 is 4.79 Å². The summed E-state index contributed by atoms with van der Waals surface area (Å²) in [5.41, 5.74) is 6.81. The number of nitrogens with one attached hydrogen (secondary N) is 1. The van der Waals surface area contributed by atoms with Crippen LogP contribution in [-0.2, 0) is 4.79 Å². The van der Waals surface area contributed by atoms with Crippen LogP contribution in [0.5, 0.6) is 0 Å². The summed E-state index contributed by atoms with van der Waals surface area (Å²) in [5, 5.41) is 3.18. The van der Waals surface area contributed by atoms with E-state index in [9.17, 15) is 4.79 Å². The number of halogens is 1. The van der Waals surface area contributed by atoms with Crippen LogP contribution in [0.2, 0.25) is 0 Å². The molecule has 1 aromatic rings. The topological polar surface area (TPSA) is 55.1 Å². The van der Waals surface area contributed by atoms with Gasteiger partial charge in [-0.25, -0.2) is 0 Å². The molecule has 3 N–H and O–H groups in total. The Kier molecular flexibility index (Phi) is 5.10. The summed E-state index contributed by atoms with van der Waals surface area (Å²) in [4.78, 5) is 12.5. The molecule has 1 aromatic carbocycles. The Morgan fingerprint density at radius 1 is 1.52 bits per heavy atom. The molecule has 0 bridgehead atoms. The van der Waals surface area contributed by atoms with Crippen molar-refractivity contribution in [1.29, 1.82) is 0 Å². The zero-order valence-corrected chi connectivity index (χ0v) is 14.6. The van der Waals surface area contributed by atoms with E-state index in [1.54, 1.807) is 0 Å². The van der Waals surface area contributed by atoms with E-state index in [-0.39, 0.29) is 17.4 Å². The lowest BCUT2D eigenvalue weighted by Gasteiger charge is -2.31. The molecule has 0 aromatic heterocycles. The van der Waals surface area contributed by atoms with Crippen LogP contribution in [-0.4, -0.2) is 18.0 Å². The fourth-order valence-corrected chi connectivity index (χ4v) is 3.48. The standard InChI is InChI=1S/C17H25BrN2O/c1-11(2)9-17(3,10-19)20-16(21)15-8-14(15)12-5-4-6-13(18)7-12/h4-7,11,14-15H,8-10,19H2,1-3H3,(H,20,21). The average Bonchev–Trinajstić information content (AvgIpc) is 3.18. The van der Waals surface area contributed by atoms with E-state index < -0.39 is 0 Å². The van der Waals surface area contributed by atoms with Crippen LogP contribution < -0.4 is 11.1 Å². The summed E-state index contributed by atoms with van der Waals surface area (Å²) >= 11 is 3.49. The van der Waals surface area contributed by atoms with Crippen LogP contribution in [0.1, 0.15) is 45.1 Å². The maximum atomic E-state index is 12.5. The summed E-state index contributed by atoms with van der Waals surface area (Å²) in [7, 11) is 0. The Morgan fingerprint density at radius 2 is 2.24 bits per heavy atom. The number of hydrogen-bond acceptors (Lipinski definition) is 2. The van der Waals surface area contributed by atoms with Gasteiger partial charge in [0.15, 0.2) is 0 Å². The molecule has 1 aliphatic carbocycles. The third-order valence-electron chi connectivity index (χ3n) is 4.14. The van der Waals surface area contributed by atoms with E-state index in [0.29, 0.717) is 18.4 Å². The third kappa shape index (κ3) is 4.30. The number of hydrogen-bond donors (Lipinski definition) is 2. The van der Waals surface area contributed by atoms with Gasteiger partial charge in [0.05, 0.1) is 0 Å². The lowest BCUT2D eigenvalue weighted by molar-refractivity contribution is -0.124. The molecular formula is C17H25BrN2O. The average molecular weight is 353 g/mol. The highest BCUT2D eigenvalue weighted by Crippen LogP contribution is 2.48. The highest BCUT2D eigenvalue weighted by atomic mass is 79.9. The van der Waals surface area contributed by atoms with E-state index in [1.807, 2.05) is 19.1 Å². The van der Waals surface area contributed by atoms with Gasteiger partial charge in [-0.15, -0.1) is 0 Å². The molecular weight excluding hydrogens is 328 g/mol. The minimum absolute atomic E-state index is 0.0948. The molecule has 1 fully saturated rings. The molecule has 116 valence electrons. The summed E-state index contributed by atoms with van der Waals surface area (Å²) in [6.07, 6.45) is 1.84. The molecule has 4 heteroatoms. The molecule has 3 unspecified atom stereocenters.